The number of hydrogen-bond donors (Lipinski definition) is 1. The average Bonchev–Trinajstić information content (AvgIpc) is 3.21. The van der Waals surface area contributed by atoms with Crippen molar-refractivity contribution in [1.82, 2.24) is 5.32 Å². The summed E-state index contributed by atoms with van der Waals surface area (Å²) in [5, 5.41) is 3.54. The van der Waals surface area contributed by atoms with Crippen LogP contribution >= 0.6 is 23.2 Å². The Hall–Kier alpha value is -3.03. The molecule has 1 aliphatic rings. The van der Waals surface area contributed by atoms with Crippen LogP contribution in [0.2, 0.25) is 10.0 Å². The number of halogens is 2. The summed E-state index contributed by atoms with van der Waals surface area (Å²) in [6.07, 6.45) is -1.52. The molecule has 2 aromatic rings. The van der Waals surface area contributed by atoms with E-state index in [2.05, 4.69) is 5.32 Å². The lowest BCUT2D eigenvalue weighted by molar-refractivity contribution is -0.195. The van der Waals surface area contributed by atoms with Crippen molar-refractivity contribution in [2.24, 2.45) is 0 Å². The van der Waals surface area contributed by atoms with Crippen LogP contribution in [-0.2, 0) is 41.0 Å². The predicted molar refractivity (Wildman–Crippen MR) is 119 cm³/mol. The molecule has 0 aliphatic carbocycles. The fourth-order valence-corrected chi connectivity index (χ4v) is 3.64. The highest BCUT2D eigenvalue weighted by Gasteiger charge is 2.56. The second kappa shape index (κ2) is 10.7. The van der Waals surface area contributed by atoms with Gasteiger partial charge >= 0.3 is 11.8 Å². The molecular formula is C23H21Cl2NO7. The number of likely N-dealkylation sites (N-methyl/N-ethyl adjacent to an activating group) is 1. The maximum Gasteiger partial charge on any atom is 0.344 e. The first kappa shape index (κ1) is 24.6. The molecule has 1 N–H and O–H groups in total. The van der Waals surface area contributed by atoms with E-state index in [4.69, 9.17) is 42.1 Å². The Balaban J connectivity index is 1.87. The van der Waals surface area contributed by atoms with Crippen LogP contribution in [-0.4, -0.2) is 37.1 Å². The van der Waals surface area contributed by atoms with Gasteiger partial charge in [0.05, 0.1) is 6.61 Å². The van der Waals surface area contributed by atoms with Crippen LogP contribution in [0, 0.1) is 0 Å². The number of hydrogen-bond acceptors (Lipinski definition) is 7. The normalized spacial score (nSPS) is 19.4. The number of esters is 1. The van der Waals surface area contributed by atoms with Crippen molar-refractivity contribution in [3.63, 3.8) is 0 Å². The molecule has 1 heterocycles. The lowest BCUT2D eigenvalue weighted by Gasteiger charge is -2.26. The van der Waals surface area contributed by atoms with Gasteiger partial charge in [0.2, 0.25) is 11.9 Å². The standard InChI is InChI=1S/C23H21Cl2NO7/c1-3-26-22(29)23(32-19(12-27)20(33-23)21(28)30-4-2)14-8-10-15(11-9-14)31-13-16-17(24)6-5-7-18(16)25/h5-11,20H,3-4,13H2,1-2H3,(H,26,29). The highest BCUT2D eigenvalue weighted by Crippen LogP contribution is 2.40. The monoisotopic (exact) mass is 493 g/mol. The minimum Gasteiger partial charge on any atom is -0.489 e. The summed E-state index contributed by atoms with van der Waals surface area (Å²) < 4.78 is 21.9. The van der Waals surface area contributed by atoms with Crippen molar-refractivity contribution >= 4 is 41.0 Å². The minimum absolute atomic E-state index is 0.0560. The zero-order chi connectivity index (χ0) is 24.0. The molecule has 3 rings (SSSR count). The summed E-state index contributed by atoms with van der Waals surface area (Å²) in [6.45, 7) is 3.74. The highest BCUT2D eigenvalue weighted by atomic mass is 35.5. The number of amides is 1. The summed E-state index contributed by atoms with van der Waals surface area (Å²) in [5.74, 6) is -2.14. The van der Waals surface area contributed by atoms with Crippen LogP contribution in [0.5, 0.6) is 5.75 Å². The molecule has 0 aromatic heterocycles. The molecule has 8 nitrogen and oxygen atoms in total. The third-order valence-corrected chi connectivity index (χ3v) is 5.40. The molecular weight excluding hydrogens is 473 g/mol. The molecule has 33 heavy (non-hydrogen) atoms. The molecule has 174 valence electrons. The third kappa shape index (κ3) is 5.15. The van der Waals surface area contributed by atoms with Crippen molar-refractivity contribution in [2.45, 2.75) is 32.3 Å². The van der Waals surface area contributed by atoms with Crippen molar-refractivity contribution in [3.05, 3.63) is 69.4 Å². The third-order valence-electron chi connectivity index (χ3n) is 4.69. The van der Waals surface area contributed by atoms with Crippen LogP contribution in [0.1, 0.15) is 25.0 Å². The van der Waals surface area contributed by atoms with Gasteiger partial charge in [-0.15, -0.1) is 0 Å². The molecule has 10 heteroatoms. The Morgan fingerprint density at radius 3 is 2.36 bits per heavy atom. The molecule has 1 aliphatic heterocycles. The lowest BCUT2D eigenvalue weighted by Crippen LogP contribution is -2.46. The van der Waals surface area contributed by atoms with E-state index in [9.17, 15) is 14.4 Å². The summed E-state index contributed by atoms with van der Waals surface area (Å²) >= 11 is 12.3. The zero-order valence-electron chi connectivity index (χ0n) is 17.9. The van der Waals surface area contributed by atoms with Crippen LogP contribution in [0.4, 0.5) is 0 Å². The van der Waals surface area contributed by atoms with E-state index in [-0.39, 0.29) is 25.3 Å². The molecule has 0 spiro atoms. The number of benzene rings is 2. The minimum atomic E-state index is -2.08. The molecule has 0 saturated carbocycles. The molecule has 0 radical (unpaired) electrons. The van der Waals surface area contributed by atoms with Crippen molar-refractivity contribution < 1.29 is 33.3 Å². The summed E-state index contributed by atoms with van der Waals surface area (Å²) in [6, 6.07) is 11.3. The zero-order valence-corrected chi connectivity index (χ0v) is 19.4. The number of carbonyl (C=O) groups excluding carboxylic acids is 3. The average molecular weight is 494 g/mol. The maximum atomic E-state index is 12.9. The first-order valence-corrected chi connectivity index (χ1v) is 10.8. The number of ether oxygens (including phenoxy) is 4. The van der Waals surface area contributed by atoms with Gasteiger partial charge in [0.1, 0.15) is 12.4 Å². The van der Waals surface area contributed by atoms with Gasteiger partial charge < -0.3 is 24.3 Å². The van der Waals surface area contributed by atoms with Gasteiger partial charge in [0.25, 0.3) is 5.91 Å². The highest BCUT2D eigenvalue weighted by molar-refractivity contribution is 6.35. The maximum absolute atomic E-state index is 12.9. The van der Waals surface area contributed by atoms with Gasteiger partial charge in [-0.25, -0.2) is 9.59 Å². The van der Waals surface area contributed by atoms with Crippen LogP contribution in [0.15, 0.2) is 48.2 Å². The fraction of sp³-hybridized carbons (Fsp3) is 0.304. The van der Waals surface area contributed by atoms with Gasteiger partial charge in [0.15, 0.2) is 5.94 Å². The van der Waals surface area contributed by atoms with Crippen molar-refractivity contribution in [1.29, 1.82) is 0 Å². The van der Waals surface area contributed by atoms with E-state index in [1.54, 1.807) is 44.2 Å². The molecule has 1 amide bonds. The first-order valence-electron chi connectivity index (χ1n) is 10.1. The van der Waals surface area contributed by atoms with E-state index in [0.29, 0.717) is 21.4 Å². The van der Waals surface area contributed by atoms with Gasteiger partial charge in [0, 0.05) is 27.7 Å². The number of rotatable bonds is 8. The van der Waals surface area contributed by atoms with E-state index in [1.165, 1.54) is 18.1 Å². The summed E-state index contributed by atoms with van der Waals surface area (Å²) in [5.41, 5.74) is 0.861. The quantitative estimate of drug-likeness (QED) is 0.443. The SMILES string of the molecule is CCNC(=O)C1(c2ccc(OCc3c(Cl)cccc3Cl)cc2)OC(=C=O)C(C(=O)OCC)O1. The molecule has 2 atom stereocenters. The topological polar surface area (TPSA) is 100 Å². The van der Waals surface area contributed by atoms with Gasteiger partial charge in [-0.05, 0) is 50.2 Å². The van der Waals surface area contributed by atoms with Crippen molar-refractivity contribution in [3.8, 4) is 5.75 Å². The van der Waals surface area contributed by atoms with Gasteiger partial charge in [-0.1, -0.05) is 29.3 Å². The lowest BCUT2D eigenvalue weighted by atomic mass is 10.0. The molecule has 2 aromatic carbocycles. The second-order valence-corrected chi connectivity index (χ2v) is 7.62. The summed E-state index contributed by atoms with van der Waals surface area (Å²) in [4.78, 5) is 36.6. The van der Waals surface area contributed by atoms with Crippen LogP contribution < -0.4 is 10.1 Å². The number of carbonyl (C=O) groups is 2. The first-order chi connectivity index (χ1) is 15.9. The van der Waals surface area contributed by atoms with Crippen LogP contribution in [0.3, 0.4) is 0 Å². The largest absolute Gasteiger partial charge is 0.489 e. The van der Waals surface area contributed by atoms with E-state index in [1.807, 2.05) is 0 Å². The Morgan fingerprint density at radius 1 is 1.12 bits per heavy atom. The Bertz CT molecular complexity index is 1060. The number of nitrogens with one attached hydrogen (secondary N) is 1. The van der Waals surface area contributed by atoms with E-state index in [0.717, 1.165) is 0 Å². The molecule has 1 saturated heterocycles. The van der Waals surface area contributed by atoms with E-state index >= 15 is 0 Å². The Labute approximate surface area is 200 Å². The van der Waals surface area contributed by atoms with Gasteiger partial charge in [-0.3, -0.25) is 4.79 Å². The van der Waals surface area contributed by atoms with Crippen molar-refractivity contribution in [2.75, 3.05) is 13.2 Å². The molecule has 2 unspecified atom stereocenters. The molecule has 0 bridgehead atoms. The summed E-state index contributed by atoms with van der Waals surface area (Å²) in [7, 11) is 0. The predicted octanol–water partition coefficient (Wildman–Crippen LogP) is 3.56. The second-order valence-electron chi connectivity index (χ2n) is 6.81. The van der Waals surface area contributed by atoms with Gasteiger partial charge in [-0.2, -0.15) is 0 Å². The smallest absolute Gasteiger partial charge is 0.344 e. The Kier molecular flexibility index (Phi) is 8.00. The van der Waals surface area contributed by atoms with E-state index < -0.39 is 29.5 Å². The molecule has 1 fully saturated rings. The fourth-order valence-electron chi connectivity index (χ4n) is 3.13. The Morgan fingerprint density at radius 2 is 1.79 bits per heavy atom. The van der Waals surface area contributed by atoms with Crippen LogP contribution in [0.25, 0.3) is 0 Å².